The second-order valence-corrected chi connectivity index (χ2v) is 7.73. The number of fused-ring (bicyclic) bond motifs is 2. The van der Waals surface area contributed by atoms with E-state index in [9.17, 15) is 4.79 Å². The van der Waals surface area contributed by atoms with Gasteiger partial charge in [0.2, 0.25) is 0 Å². The number of amides is 1. The molecular weight excluding hydrogens is 443 g/mol. The van der Waals surface area contributed by atoms with Crippen LogP contribution in [0, 0.1) is 0 Å². The fraction of sp³-hybridized carbons (Fsp3) is 0.0435. The lowest BCUT2D eigenvalue weighted by molar-refractivity contribution is -0.123. The smallest absolute Gasteiger partial charge is 0.277 e. The van der Waals surface area contributed by atoms with E-state index in [1.807, 2.05) is 48.5 Å². The van der Waals surface area contributed by atoms with E-state index in [-0.39, 0.29) is 22.4 Å². The van der Waals surface area contributed by atoms with E-state index in [0.717, 1.165) is 27.1 Å². The van der Waals surface area contributed by atoms with Crippen LogP contribution in [0.2, 0.25) is 15.1 Å². The van der Waals surface area contributed by atoms with E-state index in [4.69, 9.17) is 39.5 Å². The molecule has 30 heavy (non-hydrogen) atoms. The highest BCUT2D eigenvalue weighted by molar-refractivity contribution is 6.43. The van der Waals surface area contributed by atoms with Crippen molar-refractivity contribution in [1.82, 2.24) is 5.43 Å². The van der Waals surface area contributed by atoms with E-state index < -0.39 is 5.91 Å². The second kappa shape index (κ2) is 8.92. The Morgan fingerprint density at radius 2 is 1.47 bits per heavy atom. The van der Waals surface area contributed by atoms with Crippen LogP contribution in [-0.4, -0.2) is 18.7 Å². The first kappa shape index (κ1) is 20.5. The molecule has 4 nitrogen and oxygen atoms in total. The first-order valence-electron chi connectivity index (χ1n) is 9.02. The van der Waals surface area contributed by atoms with E-state index >= 15 is 0 Å². The number of rotatable bonds is 5. The van der Waals surface area contributed by atoms with Crippen molar-refractivity contribution in [2.45, 2.75) is 0 Å². The Morgan fingerprint density at radius 1 is 0.867 bits per heavy atom. The maximum Gasteiger partial charge on any atom is 0.277 e. The largest absolute Gasteiger partial charge is 0.482 e. The van der Waals surface area contributed by atoms with Gasteiger partial charge in [0.15, 0.2) is 6.61 Å². The van der Waals surface area contributed by atoms with Crippen molar-refractivity contribution < 1.29 is 9.53 Å². The van der Waals surface area contributed by atoms with Crippen molar-refractivity contribution in [3.63, 3.8) is 0 Å². The van der Waals surface area contributed by atoms with E-state index in [2.05, 4.69) is 16.6 Å². The topological polar surface area (TPSA) is 50.7 Å². The molecule has 0 aliphatic rings. The van der Waals surface area contributed by atoms with E-state index in [0.29, 0.717) is 5.02 Å². The van der Waals surface area contributed by atoms with Gasteiger partial charge < -0.3 is 4.74 Å². The number of hydrazone groups is 1. The van der Waals surface area contributed by atoms with Crippen molar-refractivity contribution in [3.8, 4) is 5.75 Å². The molecule has 0 aliphatic carbocycles. The van der Waals surface area contributed by atoms with Gasteiger partial charge in [-0.05, 0) is 33.7 Å². The minimum Gasteiger partial charge on any atom is -0.482 e. The Labute approximate surface area is 188 Å². The summed E-state index contributed by atoms with van der Waals surface area (Å²) in [6.45, 7) is -0.273. The number of carbonyl (C=O) groups is 1. The average molecular weight is 458 g/mol. The van der Waals surface area contributed by atoms with Crippen LogP contribution in [-0.2, 0) is 4.79 Å². The normalized spacial score (nSPS) is 11.3. The third-order valence-corrected chi connectivity index (χ3v) is 5.55. The molecule has 0 aromatic heterocycles. The Bertz CT molecular complexity index is 1230. The summed E-state index contributed by atoms with van der Waals surface area (Å²) in [5.41, 5.74) is 3.41. The first-order chi connectivity index (χ1) is 14.5. The molecule has 0 fully saturated rings. The summed E-state index contributed by atoms with van der Waals surface area (Å²) in [5, 5.41) is 9.29. The third-order valence-electron chi connectivity index (χ3n) is 4.53. The number of hydrogen-bond acceptors (Lipinski definition) is 3. The van der Waals surface area contributed by atoms with Gasteiger partial charge in [-0.3, -0.25) is 4.79 Å². The highest BCUT2D eigenvalue weighted by atomic mass is 35.5. The molecule has 0 bridgehead atoms. The van der Waals surface area contributed by atoms with Crippen molar-refractivity contribution in [2.24, 2.45) is 5.10 Å². The number of benzene rings is 4. The van der Waals surface area contributed by atoms with Crippen LogP contribution >= 0.6 is 34.8 Å². The van der Waals surface area contributed by atoms with Gasteiger partial charge in [0.25, 0.3) is 5.91 Å². The van der Waals surface area contributed by atoms with E-state index in [1.165, 1.54) is 12.1 Å². The molecule has 0 heterocycles. The average Bonchev–Trinajstić information content (AvgIpc) is 2.75. The summed E-state index contributed by atoms with van der Waals surface area (Å²) >= 11 is 17.9. The number of hydrogen-bond donors (Lipinski definition) is 1. The lowest BCUT2D eigenvalue weighted by atomic mass is 9.97. The fourth-order valence-corrected chi connectivity index (χ4v) is 3.74. The van der Waals surface area contributed by atoms with Gasteiger partial charge in [-0.2, -0.15) is 5.10 Å². The molecule has 0 atom stereocenters. The summed E-state index contributed by atoms with van der Waals surface area (Å²) in [4.78, 5) is 12.1. The molecule has 4 aromatic carbocycles. The van der Waals surface area contributed by atoms with Crippen LogP contribution in [0.25, 0.3) is 21.5 Å². The predicted molar refractivity (Wildman–Crippen MR) is 124 cm³/mol. The second-order valence-electron chi connectivity index (χ2n) is 6.51. The highest BCUT2D eigenvalue weighted by Gasteiger charge is 2.10. The van der Waals surface area contributed by atoms with Gasteiger partial charge in [0.05, 0.1) is 21.3 Å². The molecule has 0 aliphatic heterocycles. The van der Waals surface area contributed by atoms with Gasteiger partial charge in [0, 0.05) is 11.6 Å². The Hall–Kier alpha value is -2.79. The van der Waals surface area contributed by atoms with Crippen LogP contribution < -0.4 is 10.2 Å². The van der Waals surface area contributed by atoms with E-state index in [1.54, 1.807) is 6.21 Å². The quantitative estimate of drug-likeness (QED) is 0.161. The molecule has 1 N–H and O–H groups in total. The summed E-state index contributed by atoms with van der Waals surface area (Å²) in [7, 11) is 0. The molecular formula is C23H15Cl3N2O2. The number of nitrogens with zero attached hydrogens (tertiary/aromatic N) is 1. The summed E-state index contributed by atoms with van der Waals surface area (Å²) in [6.07, 6.45) is 1.65. The minimum absolute atomic E-state index is 0.267. The molecule has 4 rings (SSSR count). The molecule has 150 valence electrons. The van der Waals surface area contributed by atoms with Crippen molar-refractivity contribution in [3.05, 3.63) is 87.4 Å². The molecule has 0 spiro atoms. The molecule has 0 saturated heterocycles. The van der Waals surface area contributed by atoms with Crippen molar-refractivity contribution >= 4 is 68.5 Å². The predicted octanol–water partition coefficient (Wildman–Crippen LogP) is 6.48. The summed E-state index contributed by atoms with van der Waals surface area (Å²) in [5.74, 6) is -0.164. The van der Waals surface area contributed by atoms with Gasteiger partial charge in [0.1, 0.15) is 5.75 Å². The lowest BCUT2D eigenvalue weighted by Crippen LogP contribution is -2.24. The Morgan fingerprint density at radius 3 is 2.13 bits per heavy atom. The third kappa shape index (κ3) is 4.36. The lowest BCUT2D eigenvalue weighted by Gasteiger charge is -2.09. The number of halogens is 3. The fourth-order valence-electron chi connectivity index (χ4n) is 3.15. The van der Waals surface area contributed by atoms with Crippen LogP contribution in [0.4, 0.5) is 0 Å². The van der Waals surface area contributed by atoms with Gasteiger partial charge in [-0.15, -0.1) is 0 Å². The Balaban J connectivity index is 1.51. The maximum absolute atomic E-state index is 12.1. The zero-order valence-corrected chi connectivity index (χ0v) is 17.8. The molecule has 1 amide bonds. The van der Waals surface area contributed by atoms with Crippen LogP contribution in [0.1, 0.15) is 5.56 Å². The number of carbonyl (C=O) groups excluding carboxylic acids is 1. The number of ether oxygens (including phenoxy) is 1. The summed E-state index contributed by atoms with van der Waals surface area (Å²) in [6, 6.07) is 21.1. The van der Waals surface area contributed by atoms with Gasteiger partial charge >= 0.3 is 0 Å². The zero-order chi connectivity index (χ0) is 21.1. The molecule has 7 heteroatoms. The monoisotopic (exact) mass is 456 g/mol. The summed E-state index contributed by atoms with van der Waals surface area (Å²) < 4.78 is 5.42. The molecule has 0 unspecified atom stereocenters. The molecule has 0 radical (unpaired) electrons. The number of nitrogens with one attached hydrogen (secondary N) is 1. The molecule has 4 aromatic rings. The van der Waals surface area contributed by atoms with Crippen LogP contribution in [0.3, 0.4) is 0 Å². The van der Waals surface area contributed by atoms with Crippen molar-refractivity contribution in [2.75, 3.05) is 6.61 Å². The highest BCUT2D eigenvalue weighted by Crippen LogP contribution is 2.33. The van der Waals surface area contributed by atoms with Crippen molar-refractivity contribution in [1.29, 1.82) is 0 Å². The SMILES string of the molecule is O=C(COc1cc(Cl)c(Cl)cc1Cl)N/N=C/c1c2ccccc2cc2ccccc12. The van der Waals surface area contributed by atoms with Crippen LogP contribution in [0.15, 0.2) is 71.8 Å². The minimum atomic E-state index is -0.432. The standard InChI is InChI=1S/C23H15Cl3N2O2/c24-19-10-21(26)22(11-20(19)25)30-13-23(29)28-27-12-18-16-7-3-1-5-14(16)9-15-6-2-4-8-17(15)18/h1-12H,13H2,(H,28,29)/b27-12+. The first-order valence-corrected chi connectivity index (χ1v) is 10.2. The van der Waals surface area contributed by atoms with Gasteiger partial charge in [-0.25, -0.2) is 5.43 Å². The Kier molecular flexibility index (Phi) is 6.09. The molecule has 0 saturated carbocycles. The zero-order valence-electron chi connectivity index (χ0n) is 15.5. The van der Waals surface area contributed by atoms with Crippen LogP contribution in [0.5, 0.6) is 5.75 Å². The maximum atomic E-state index is 12.1. The van der Waals surface area contributed by atoms with Gasteiger partial charge in [-0.1, -0.05) is 83.3 Å².